The van der Waals surface area contributed by atoms with Crippen LogP contribution in [-0.2, 0) is 13.6 Å². The van der Waals surface area contributed by atoms with Crippen LogP contribution < -0.4 is 5.73 Å². The van der Waals surface area contributed by atoms with Crippen LogP contribution >= 0.6 is 7.60 Å². The van der Waals surface area contributed by atoms with Crippen LogP contribution in [0.15, 0.2) is 30.1 Å². The van der Waals surface area contributed by atoms with Gasteiger partial charge in [0.25, 0.3) is 0 Å². The standard InChI is InChI=1S/C12H18NO3P/c1-3-15-17(14,16-4-2)10-9-11-5-7-12(13)8-6-11/h5-10H,3-4,13H2,1-2H3. The molecule has 0 saturated carbocycles. The summed E-state index contributed by atoms with van der Waals surface area (Å²) in [5.41, 5.74) is 7.17. The molecule has 0 atom stereocenters. The molecule has 2 N–H and O–H groups in total. The van der Waals surface area contributed by atoms with Gasteiger partial charge in [-0.15, -0.1) is 0 Å². The van der Waals surface area contributed by atoms with Gasteiger partial charge in [-0.3, -0.25) is 4.57 Å². The minimum atomic E-state index is -3.11. The minimum absolute atomic E-state index is 0.351. The van der Waals surface area contributed by atoms with Crippen LogP contribution in [-0.4, -0.2) is 13.2 Å². The van der Waals surface area contributed by atoms with Crippen molar-refractivity contribution in [2.45, 2.75) is 13.8 Å². The summed E-state index contributed by atoms with van der Waals surface area (Å²) in [6.07, 6.45) is 1.71. The average Bonchev–Trinajstić information content (AvgIpc) is 2.29. The van der Waals surface area contributed by atoms with Crippen LogP contribution in [0.1, 0.15) is 19.4 Å². The van der Waals surface area contributed by atoms with E-state index < -0.39 is 7.60 Å². The Morgan fingerprint density at radius 1 is 1.18 bits per heavy atom. The Morgan fingerprint density at radius 2 is 1.71 bits per heavy atom. The lowest BCUT2D eigenvalue weighted by Crippen LogP contribution is -1.92. The van der Waals surface area contributed by atoms with E-state index in [1.54, 1.807) is 32.1 Å². The number of nitrogen functional groups attached to an aromatic ring is 1. The molecule has 0 saturated heterocycles. The largest absolute Gasteiger partial charge is 0.399 e. The molecule has 17 heavy (non-hydrogen) atoms. The number of hydrogen-bond acceptors (Lipinski definition) is 4. The summed E-state index contributed by atoms with van der Waals surface area (Å²) >= 11 is 0. The maximum absolute atomic E-state index is 12.1. The van der Waals surface area contributed by atoms with Crippen molar-refractivity contribution in [3.05, 3.63) is 35.6 Å². The summed E-state index contributed by atoms with van der Waals surface area (Å²) in [6, 6.07) is 7.25. The Balaban J connectivity index is 2.79. The van der Waals surface area contributed by atoms with Crippen molar-refractivity contribution in [3.8, 4) is 0 Å². The van der Waals surface area contributed by atoms with Gasteiger partial charge in [0, 0.05) is 11.5 Å². The Bertz CT molecular complexity index is 404. The van der Waals surface area contributed by atoms with Gasteiger partial charge in [0.05, 0.1) is 13.2 Å². The highest BCUT2D eigenvalue weighted by molar-refractivity contribution is 7.57. The van der Waals surface area contributed by atoms with Crippen molar-refractivity contribution < 1.29 is 13.6 Å². The second-order valence-corrected chi connectivity index (χ2v) is 5.25. The second kappa shape index (κ2) is 6.60. The summed E-state index contributed by atoms with van der Waals surface area (Å²) < 4.78 is 22.4. The van der Waals surface area contributed by atoms with Crippen molar-refractivity contribution in [1.29, 1.82) is 0 Å². The van der Waals surface area contributed by atoms with Crippen molar-refractivity contribution in [2.24, 2.45) is 0 Å². The Morgan fingerprint density at radius 3 is 2.18 bits per heavy atom. The predicted octanol–water partition coefficient (Wildman–Crippen LogP) is 3.51. The Kier molecular flexibility index (Phi) is 5.42. The number of nitrogens with two attached hydrogens (primary N) is 1. The fraction of sp³-hybridized carbons (Fsp3) is 0.333. The SMILES string of the molecule is CCOP(=O)(C=Cc1ccc(N)cc1)OCC. The highest BCUT2D eigenvalue weighted by Gasteiger charge is 2.18. The summed E-state index contributed by atoms with van der Waals surface area (Å²) in [5, 5.41) is 0. The third kappa shape index (κ3) is 4.73. The fourth-order valence-electron chi connectivity index (χ4n) is 1.27. The summed E-state index contributed by atoms with van der Waals surface area (Å²) in [6.45, 7) is 4.26. The first-order valence-electron chi connectivity index (χ1n) is 5.53. The molecule has 0 heterocycles. The topological polar surface area (TPSA) is 61.5 Å². The van der Waals surface area contributed by atoms with Crippen LogP contribution in [0.5, 0.6) is 0 Å². The maximum atomic E-state index is 12.1. The third-order valence-corrected chi connectivity index (χ3v) is 3.75. The molecule has 0 unspecified atom stereocenters. The molecule has 0 bridgehead atoms. The van der Waals surface area contributed by atoms with E-state index in [0.717, 1.165) is 5.56 Å². The highest BCUT2D eigenvalue weighted by Crippen LogP contribution is 2.50. The quantitative estimate of drug-likeness (QED) is 0.624. The first-order valence-corrected chi connectivity index (χ1v) is 7.14. The van der Waals surface area contributed by atoms with Crippen LogP contribution in [0.3, 0.4) is 0 Å². The lowest BCUT2D eigenvalue weighted by atomic mass is 10.2. The predicted molar refractivity (Wildman–Crippen MR) is 70.7 cm³/mol. The lowest BCUT2D eigenvalue weighted by molar-refractivity contribution is 0.229. The highest BCUT2D eigenvalue weighted by atomic mass is 31.2. The van der Waals surface area contributed by atoms with Gasteiger partial charge in [0.2, 0.25) is 0 Å². The van der Waals surface area contributed by atoms with Gasteiger partial charge in [-0.05, 0) is 37.6 Å². The fourth-order valence-corrected chi connectivity index (χ4v) is 2.59. The maximum Gasteiger partial charge on any atom is 0.354 e. The number of benzene rings is 1. The summed E-state index contributed by atoms with van der Waals surface area (Å²) in [4.78, 5) is 0. The van der Waals surface area contributed by atoms with Gasteiger partial charge in [-0.25, -0.2) is 0 Å². The monoisotopic (exact) mass is 255 g/mol. The van der Waals surface area contributed by atoms with Crippen LogP contribution in [0.25, 0.3) is 6.08 Å². The molecule has 1 aromatic carbocycles. The minimum Gasteiger partial charge on any atom is -0.399 e. The Labute approximate surface area is 102 Å². The average molecular weight is 255 g/mol. The van der Waals surface area contributed by atoms with Gasteiger partial charge in [0.1, 0.15) is 0 Å². The van der Waals surface area contributed by atoms with E-state index in [-0.39, 0.29) is 0 Å². The van der Waals surface area contributed by atoms with Gasteiger partial charge >= 0.3 is 7.60 Å². The van der Waals surface area contributed by atoms with Crippen molar-refractivity contribution >= 4 is 19.4 Å². The van der Waals surface area contributed by atoms with E-state index in [4.69, 9.17) is 14.8 Å². The first kappa shape index (κ1) is 14.0. The Hall–Kier alpha value is -1.09. The van der Waals surface area contributed by atoms with E-state index in [1.165, 1.54) is 5.82 Å². The van der Waals surface area contributed by atoms with Crippen LogP contribution in [0.4, 0.5) is 5.69 Å². The zero-order chi connectivity index (χ0) is 12.7. The molecule has 0 radical (unpaired) electrons. The zero-order valence-corrected chi connectivity index (χ0v) is 11.0. The molecule has 0 amide bonds. The molecule has 0 aromatic heterocycles. The summed E-state index contributed by atoms with van der Waals surface area (Å²) in [5.74, 6) is 1.48. The van der Waals surface area contributed by atoms with Crippen molar-refractivity contribution in [1.82, 2.24) is 0 Å². The number of hydrogen-bond donors (Lipinski definition) is 1. The van der Waals surface area contributed by atoms with E-state index in [9.17, 15) is 4.57 Å². The van der Waals surface area contributed by atoms with Gasteiger partial charge in [0.15, 0.2) is 0 Å². The van der Waals surface area contributed by atoms with Gasteiger partial charge < -0.3 is 14.8 Å². The zero-order valence-electron chi connectivity index (χ0n) is 10.1. The molecule has 0 aliphatic carbocycles. The molecule has 0 fully saturated rings. The van der Waals surface area contributed by atoms with Crippen molar-refractivity contribution in [2.75, 3.05) is 18.9 Å². The number of rotatable bonds is 6. The molecule has 0 aliphatic heterocycles. The smallest absolute Gasteiger partial charge is 0.354 e. The van der Waals surface area contributed by atoms with Crippen LogP contribution in [0.2, 0.25) is 0 Å². The number of anilines is 1. The second-order valence-electron chi connectivity index (χ2n) is 3.36. The van der Waals surface area contributed by atoms with Gasteiger partial charge in [-0.2, -0.15) is 0 Å². The van der Waals surface area contributed by atoms with Crippen molar-refractivity contribution in [3.63, 3.8) is 0 Å². The molecule has 94 valence electrons. The van der Waals surface area contributed by atoms with Crippen LogP contribution in [0, 0.1) is 0 Å². The van der Waals surface area contributed by atoms with E-state index in [0.29, 0.717) is 18.9 Å². The van der Waals surface area contributed by atoms with Gasteiger partial charge in [-0.1, -0.05) is 12.1 Å². The van der Waals surface area contributed by atoms with E-state index >= 15 is 0 Å². The normalized spacial score (nSPS) is 12.1. The molecular formula is C12H18NO3P. The summed E-state index contributed by atoms with van der Waals surface area (Å²) in [7, 11) is -3.11. The van der Waals surface area contributed by atoms with E-state index in [1.807, 2.05) is 12.1 Å². The molecular weight excluding hydrogens is 237 g/mol. The molecule has 5 heteroatoms. The lowest BCUT2D eigenvalue weighted by Gasteiger charge is -2.12. The molecule has 1 aromatic rings. The van der Waals surface area contributed by atoms with E-state index in [2.05, 4.69) is 0 Å². The molecule has 4 nitrogen and oxygen atoms in total. The first-order chi connectivity index (χ1) is 8.09. The molecule has 0 aliphatic rings. The third-order valence-electron chi connectivity index (χ3n) is 2.00. The molecule has 1 rings (SSSR count). The molecule has 0 spiro atoms.